The minimum Gasteiger partial charge on any atom is -0.444 e. The molecular formula is C14H25ClN2O3. The molecular weight excluding hydrogens is 280 g/mol. The van der Waals surface area contributed by atoms with E-state index in [-0.39, 0.29) is 23.9 Å². The van der Waals surface area contributed by atoms with Gasteiger partial charge in [0.2, 0.25) is 5.91 Å². The fraction of sp³-hybridized carbons (Fsp3) is 0.857. The second kappa shape index (κ2) is 7.16. The van der Waals surface area contributed by atoms with E-state index in [4.69, 9.17) is 16.3 Å². The molecule has 0 radical (unpaired) electrons. The molecule has 0 spiro atoms. The lowest BCUT2D eigenvalue weighted by Crippen LogP contribution is -2.47. The van der Waals surface area contributed by atoms with E-state index in [1.54, 1.807) is 9.80 Å². The first-order valence-corrected chi connectivity index (χ1v) is 7.65. The highest BCUT2D eigenvalue weighted by Crippen LogP contribution is 2.21. The van der Waals surface area contributed by atoms with Gasteiger partial charge in [0, 0.05) is 19.6 Å². The molecule has 1 aliphatic heterocycles. The third-order valence-corrected chi connectivity index (χ3v) is 3.51. The van der Waals surface area contributed by atoms with E-state index in [1.807, 2.05) is 27.7 Å². The molecule has 1 aliphatic rings. The van der Waals surface area contributed by atoms with Crippen LogP contribution >= 0.6 is 11.6 Å². The third-order valence-electron chi connectivity index (χ3n) is 3.29. The first-order chi connectivity index (χ1) is 9.28. The highest BCUT2D eigenvalue weighted by molar-refractivity contribution is 6.27. The van der Waals surface area contributed by atoms with Gasteiger partial charge < -0.3 is 14.5 Å². The van der Waals surface area contributed by atoms with Crippen LogP contribution in [0.1, 0.15) is 40.5 Å². The summed E-state index contributed by atoms with van der Waals surface area (Å²) in [5.41, 5.74) is -0.499. The number of hydrogen-bond donors (Lipinski definition) is 0. The first kappa shape index (κ1) is 17.1. The summed E-state index contributed by atoms with van der Waals surface area (Å²) >= 11 is 5.60. The maximum absolute atomic E-state index is 12.2. The van der Waals surface area contributed by atoms with Gasteiger partial charge in [-0.05, 0) is 40.5 Å². The van der Waals surface area contributed by atoms with E-state index in [0.29, 0.717) is 19.6 Å². The van der Waals surface area contributed by atoms with Gasteiger partial charge in [-0.2, -0.15) is 0 Å². The van der Waals surface area contributed by atoms with Crippen molar-refractivity contribution < 1.29 is 14.3 Å². The molecule has 20 heavy (non-hydrogen) atoms. The van der Waals surface area contributed by atoms with Crippen molar-refractivity contribution in [1.82, 2.24) is 9.80 Å². The van der Waals surface area contributed by atoms with Crippen LogP contribution in [0.4, 0.5) is 4.79 Å². The van der Waals surface area contributed by atoms with Crippen molar-refractivity contribution in [3.05, 3.63) is 0 Å². The van der Waals surface area contributed by atoms with Gasteiger partial charge in [0.05, 0.1) is 6.04 Å². The smallest absolute Gasteiger partial charge is 0.410 e. The topological polar surface area (TPSA) is 49.9 Å². The number of ether oxygens (including phenoxy) is 1. The summed E-state index contributed by atoms with van der Waals surface area (Å²) in [7, 11) is 0. The number of amides is 2. The lowest BCUT2D eigenvalue weighted by molar-refractivity contribution is -0.129. The molecule has 6 heteroatoms. The zero-order valence-corrected chi connectivity index (χ0v) is 13.6. The van der Waals surface area contributed by atoms with E-state index in [0.717, 1.165) is 12.8 Å². The minimum absolute atomic E-state index is 0.0208. The molecule has 0 aliphatic carbocycles. The average molecular weight is 305 g/mol. The molecule has 1 fully saturated rings. The van der Waals surface area contributed by atoms with Crippen LogP contribution in [0.3, 0.4) is 0 Å². The van der Waals surface area contributed by atoms with Crippen molar-refractivity contribution in [2.45, 2.75) is 52.2 Å². The van der Waals surface area contributed by atoms with Gasteiger partial charge in [-0.15, -0.1) is 11.6 Å². The van der Waals surface area contributed by atoms with Crippen LogP contribution in [0.15, 0.2) is 0 Å². The largest absolute Gasteiger partial charge is 0.444 e. The maximum Gasteiger partial charge on any atom is 0.410 e. The van der Waals surface area contributed by atoms with E-state index in [2.05, 4.69) is 0 Å². The molecule has 0 saturated carbocycles. The molecule has 1 atom stereocenters. The van der Waals surface area contributed by atoms with Crippen LogP contribution in [0.5, 0.6) is 0 Å². The van der Waals surface area contributed by atoms with Gasteiger partial charge in [0.25, 0.3) is 0 Å². The Balaban J connectivity index is 2.65. The number of alkyl halides is 1. The molecule has 0 aromatic rings. The average Bonchev–Trinajstić information content (AvgIpc) is 2.81. The molecule has 0 aromatic heterocycles. The number of hydrogen-bond acceptors (Lipinski definition) is 3. The molecule has 0 aromatic carbocycles. The molecule has 2 amide bonds. The number of nitrogens with zero attached hydrogens (tertiary/aromatic N) is 2. The Bertz CT molecular complexity index is 355. The van der Waals surface area contributed by atoms with Crippen LogP contribution < -0.4 is 0 Å². The van der Waals surface area contributed by atoms with Crippen LogP contribution in [0, 0.1) is 0 Å². The van der Waals surface area contributed by atoms with Crippen LogP contribution in [0.2, 0.25) is 0 Å². The van der Waals surface area contributed by atoms with Gasteiger partial charge in [0.1, 0.15) is 11.5 Å². The summed E-state index contributed by atoms with van der Waals surface area (Å²) in [6, 6.07) is 0.0250. The molecule has 1 heterocycles. The lowest BCUT2D eigenvalue weighted by atomic mass is 10.2. The number of carbonyl (C=O) groups excluding carboxylic acids is 2. The summed E-state index contributed by atoms with van der Waals surface area (Å²) in [5, 5.41) is 0. The second-order valence-corrected chi connectivity index (χ2v) is 6.30. The lowest BCUT2D eigenvalue weighted by Gasteiger charge is -2.31. The van der Waals surface area contributed by atoms with Crippen molar-refractivity contribution in [3.63, 3.8) is 0 Å². The molecule has 116 valence electrons. The predicted octanol–water partition coefficient (Wildman–Crippen LogP) is 2.47. The Hall–Kier alpha value is -0.970. The summed E-state index contributed by atoms with van der Waals surface area (Å²) < 4.78 is 5.41. The summed E-state index contributed by atoms with van der Waals surface area (Å²) in [5.74, 6) is -0.113. The van der Waals surface area contributed by atoms with Gasteiger partial charge in [-0.1, -0.05) is 0 Å². The quantitative estimate of drug-likeness (QED) is 0.750. The number of carbonyl (C=O) groups is 2. The Morgan fingerprint density at radius 3 is 2.55 bits per heavy atom. The fourth-order valence-electron chi connectivity index (χ4n) is 2.33. The summed E-state index contributed by atoms with van der Waals surface area (Å²) in [6.45, 7) is 9.29. The monoisotopic (exact) mass is 304 g/mol. The molecule has 1 rings (SSSR count). The number of rotatable bonds is 4. The molecule has 0 bridgehead atoms. The molecule has 5 nitrogen and oxygen atoms in total. The van der Waals surface area contributed by atoms with Gasteiger partial charge in [-0.25, -0.2) is 4.79 Å². The van der Waals surface area contributed by atoms with E-state index < -0.39 is 5.60 Å². The number of halogens is 1. The number of likely N-dealkylation sites (N-methyl/N-ethyl adjacent to an activating group) is 1. The molecule has 1 saturated heterocycles. The van der Waals surface area contributed by atoms with Crippen LogP contribution in [-0.2, 0) is 9.53 Å². The van der Waals surface area contributed by atoms with Crippen molar-refractivity contribution in [1.29, 1.82) is 0 Å². The number of likely N-dealkylation sites (tertiary alicyclic amines) is 1. The van der Waals surface area contributed by atoms with E-state index in [1.165, 1.54) is 0 Å². The van der Waals surface area contributed by atoms with Crippen molar-refractivity contribution >= 4 is 23.6 Å². The Kier molecular flexibility index (Phi) is 6.11. The zero-order chi connectivity index (χ0) is 15.3. The third kappa shape index (κ3) is 4.85. The molecule has 0 unspecified atom stereocenters. The van der Waals surface area contributed by atoms with Crippen molar-refractivity contribution in [2.75, 3.05) is 25.5 Å². The minimum atomic E-state index is -0.499. The summed E-state index contributed by atoms with van der Waals surface area (Å²) in [6.07, 6.45) is 1.54. The maximum atomic E-state index is 12.2. The van der Waals surface area contributed by atoms with E-state index >= 15 is 0 Å². The van der Waals surface area contributed by atoms with Gasteiger partial charge in [0.15, 0.2) is 0 Å². The molecule has 0 N–H and O–H groups in total. The van der Waals surface area contributed by atoms with Crippen LogP contribution in [-0.4, -0.2) is 59.0 Å². The van der Waals surface area contributed by atoms with E-state index in [9.17, 15) is 9.59 Å². The Morgan fingerprint density at radius 2 is 2.05 bits per heavy atom. The highest BCUT2D eigenvalue weighted by atomic mass is 35.5. The first-order valence-electron chi connectivity index (χ1n) is 7.12. The van der Waals surface area contributed by atoms with Crippen LogP contribution in [0.25, 0.3) is 0 Å². The zero-order valence-electron chi connectivity index (χ0n) is 12.8. The van der Waals surface area contributed by atoms with Crippen molar-refractivity contribution in [2.24, 2.45) is 0 Å². The fourth-order valence-corrected chi connectivity index (χ4v) is 2.50. The normalized spacial score (nSPS) is 19.1. The Morgan fingerprint density at radius 1 is 1.40 bits per heavy atom. The van der Waals surface area contributed by atoms with Gasteiger partial charge in [-0.3, -0.25) is 4.79 Å². The summed E-state index contributed by atoms with van der Waals surface area (Å²) in [4.78, 5) is 27.3. The van der Waals surface area contributed by atoms with Crippen molar-refractivity contribution in [3.8, 4) is 0 Å². The SMILES string of the molecule is CCN(C[C@H]1CCCN1C(=O)OC(C)(C)C)C(=O)CCl. The Labute approximate surface area is 126 Å². The van der Waals surface area contributed by atoms with Gasteiger partial charge >= 0.3 is 6.09 Å². The second-order valence-electron chi connectivity index (χ2n) is 6.04. The predicted molar refractivity (Wildman–Crippen MR) is 78.9 cm³/mol. The standard InChI is InChI=1S/C14H25ClN2O3/c1-5-16(12(18)9-15)10-11-7-6-8-17(11)13(19)20-14(2,3)4/h11H,5-10H2,1-4H3/t11-/m1/s1. The highest BCUT2D eigenvalue weighted by Gasteiger charge is 2.33.